The molecule has 20 heavy (non-hydrogen) atoms. The highest BCUT2D eigenvalue weighted by Gasteiger charge is 2.45. The highest BCUT2D eigenvalue weighted by molar-refractivity contribution is 5.93. The number of nitrogens with one attached hydrogen (secondary N) is 1. The summed E-state index contributed by atoms with van der Waals surface area (Å²) in [5.74, 6) is -2.20. The highest BCUT2D eigenvalue weighted by Crippen LogP contribution is 2.40. The van der Waals surface area contributed by atoms with Crippen molar-refractivity contribution in [2.75, 3.05) is 5.32 Å². The van der Waals surface area contributed by atoms with Gasteiger partial charge in [-0.3, -0.25) is 9.59 Å². The third-order valence-electron chi connectivity index (χ3n) is 4.03. The quantitative estimate of drug-likeness (QED) is 0.786. The van der Waals surface area contributed by atoms with E-state index in [0.717, 1.165) is 12.5 Å². The standard InChI is InChI=1S/C14H17FN2O3/c1-14(13(19)20)6-2-3-11(14)17-10-5-4-8(12(16)18)7-9(10)15/h4-5,7,11,17H,2-3,6H2,1H3,(H2,16,18)(H,19,20). The van der Waals surface area contributed by atoms with Gasteiger partial charge in [0.25, 0.3) is 0 Å². The predicted octanol–water partition coefficient (Wildman–Crippen LogP) is 1.98. The van der Waals surface area contributed by atoms with Crippen LogP contribution in [-0.2, 0) is 4.79 Å². The molecule has 2 atom stereocenters. The van der Waals surface area contributed by atoms with Crippen molar-refractivity contribution in [3.8, 4) is 0 Å². The van der Waals surface area contributed by atoms with Gasteiger partial charge in [0, 0.05) is 11.6 Å². The zero-order valence-corrected chi connectivity index (χ0v) is 11.1. The average Bonchev–Trinajstić information content (AvgIpc) is 2.74. The lowest BCUT2D eigenvalue weighted by Gasteiger charge is -2.28. The molecule has 4 N–H and O–H groups in total. The predicted molar refractivity (Wildman–Crippen MR) is 71.9 cm³/mol. The first-order valence-electron chi connectivity index (χ1n) is 6.44. The van der Waals surface area contributed by atoms with E-state index in [9.17, 15) is 19.1 Å². The van der Waals surface area contributed by atoms with E-state index in [2.05, 4.69) is 5.32 Å². The second-order valence-corrected chi connectivity index (χ2v) is 5.37. The van der Waals surface area contributed by atoms with E-state index in [1.807, 2.05) is 0 Å². The normalized spacial score (nSPS) is 25.4. The summed E-state index contributed by atoms with van der Waals surface area (Å²) in [7, 11) is 0. The first-order chi connectivity index (χ1) is 9.34. The molecule has 1 aromatic rings. The van der Waals surface area contributed by atoms with Crippen LogP contribution in [0.2, 0.25) is 0 Å². The molecule has 0 aromatic heterocycles. The number of carbonyl (C=O) groups is 2. The number of primary amides is 1. The Kier molecular flexibility index (Phi) is 3.65. The fraction of sp³-hybridized carbons (Fsp3) is 0.429. The summed E-state index contributed by atoms with van der Waals surface area (Å²) in [6.07, 6.45) is 2.00. The Balaban J connectivity index is 2.22. The van der Waals surface area contributed by atoms with Crippen LogP contribution in [-0.4, -0.2) is 23.0 Å². The van der Waals surface area contributed by atoms with Crippen molar-refractivity contribution < 1.29 is 19.1 Å². The Morgan fingerprint density at radius 1 is 1.50 bits per heavy atom. The number of hydrogen-bond donors (Lipinski definition) is 3. The zero-order chi connectivity index (χ0) is 14.9. The van der Waals surface area contributed by atoms with E-state index in [4.69, 9.17) is 5.73 Å². The van der Waals surface area contributed by atoms with Gasteiger partial charge in [0.1, 0.15) is 5.82 Å². The van der Waals surface area contributed by atoms with Crippen molar-refractivity contribution in [2.45, 2.75) is 32.2 Å². The lowest BCUT2D eigenvalue weighted by Crippen LogP contribution is -2.40. The Bertz CT molecular complexity index is 561. The molecule has 1 saturated carbocycles. The number of carbonyl (C=O) groups excluding carboxylic acids is 1. The molecule has 0 spiro atoms. The van der Waals surface area contributed by atoms with E-state index in [0.29, 0.717) is 12.8 Å². The Labute approximate surface area is 116 Å². The van der Waals surface area contributed by atoms with Crippen molar-refractivity contribution >= 4 is 17.6 Å². The minimum atomic E-state index is -0.908. The van der Waals surface area contributed by atoms with Crippen molar-refractivity contribution in [3.05, 3.63) is 29.6 Å². The molecule has 1 aliphatic rings. The second-order valence-electron chi connectivity index (χ2n) is 5.37. The number of aliphatic carboxylic acids is 1. The van der Waals surface area contributed by atoms with Gasteiger partial charge in [-0.05, 0) is 38.0 Å². The molecule has 0 radical (unpaired) electrons. The van der Waals surface area contributed by atoms with Crippen molar-refractivity contribution in [1.29, 1.82) is 0 Å². The van der Waals surface area contributed by atoms with Crippen LogP contribution in [0.15, 0.2) is 18.2 Å². The first kappa shape index (κ1) is 14.3. The Morgan fingerprint density at radius 3 is 2.75 bits per heavy atom. The third-order valence-corrected chi connectivity index (χ3v) is 4.03. The number of carboxylic acid groups (broad SMARTS) is 1. The second kappa shape index (κ2) is 5.11. The van der Waals surface area contributed by atoms with Crippen LogP contribution in [0.5, 0.6) is 0 Å². The van der Waals surface area contributed by atoms with Crippen LogP contribution in [0.3, 0.4) is 0 Å². The van der Waals surface area contributed by atoms with Gasteiger partial charge in [-0.25, -0.2) is 4.39 Å². The first-order valence-corrected chi connectivity index (χ1v) is 6.44. The van der Waals surface area contributed by atoms with Crippen LogP contribution in [0.1, 0.15) is 36.5 Å². The number of halogens is 1. The largest absolute Gasteiger partial charge is 0.481 e. The van der Waals surface area contributed by atoms with E-state index in [1.165, 1.54) is 12.1 Å². The molecule has 2 unspecified atom stereocenters. The lowest BCUT2D eigenvalue weighted by molar-refractivity contribution is -0.147. The summed E-state index contributed by atoms with van der Waals surface area (Å²) in [6, 6.07) is 3.54. The van der Waals surface area contributed by atoms with Gasteiger partial charge in [0.15, 0.2) is 0 Å². The molecule has 1 amide bonds. The number of carboxylic acids is 1. The minimum Gasteiger partial charge on any atom is -0.481 e. The maximum absolute atomic E-state index is 13.9. The van der Waals surface area contributed by atoms with Gasteiger partial charge >= 0.3 is 5.97 Å². The van der Waals surface area contributed by atoms with Gasteiger partial charge < -0.3 is 16.2 Å². The summed E-state index contributed by atoms with van der Waals surface area (Å²) in [6.45, 7) is 1.66. The van der Waals surface area contributed by atoms with Crippen LogP contribution >= 0.6 is 0 Å². The van der Waals surface area contributed by atoms with Crippen molar-refractivity contribution in [2.24, 2.45) is 11.1 Å². The van der Waals surface area contributed by atoms with E-state index >= 15 is 0 Å². The molecule has 1 fully saturated rings. The summed E-state index contributed by atoms with van der Waals surface area (Å²) >= 11 is 0. The smallest absolute Gasteiger partial charge is 0.311 e. The Hall–Kier alpha value is -2.11. The zero-order valence-electron chi connectivity index (χ0n) is 11.1. The monoisotopic (exact) mass is 280 g/mol. The highest BCUT2D eigenvalue weighted by atomic mass is 19.1. The van der Waals surface area contributed by atoms with Gasteiger partial charge in [0.2, 0.25) is 5.91 Å². The minimum absolute atomic E-state index is 0.0838. The maximum atomic E-state index is 13.9. The summed E-state index contributed by atoms with van der Waals surface area (Å²) in [5.41, 5.74) is 4.44. The van der Waals surface area contributed by atoms with Crippen molar-refractivity contribution in [1.82, 2.24) is 0 Å². The van der Waals surface area contributed by atoms with Crippen LogP contribution in [0, 0.1) is 11.2 Å². The fourth-order valence-corrected chi connectivity index (χ4v) is 2.63. The van der Waals surface area contributed by atoms with Gasteiger partial charge in [-0.15, -0.1) is 0 Å². The van der Waals surface area contributed by atoms with Crippen molar-refractivity contribution in [3.63, 3.8) is 0 Å². The molecule has 0 aliphatic heterocycles. The third kappa shape index (κ3) is 2.45. The molecule has 1 aliphatic carbocycles. The van der Waals surface area contributed by atoms with Gasteiger partial charge in [-0.1, -0.05) is 6.42 Å². The van der Waals surface area contributed by atoms with Crippen LogP contribution < -0.4 is 11.1 Å². The topological polar surface area (TPSA) is 92.4 Å². The van der Waals surface area contributed by atoms with Crippen LogP contribution in [0.4, 0.5) is 10.1 Å². The molecule has 108 valence electrons. The van der Waals surface area contributed by atoms with Crippen LogP contribution in [0.25, 0.3) is 0 Å². The SMILES string of the molecule is CC1(C(=O)O)CCCC1Nc1ccc(C(N)=O)cc1F. The molecule has 0 saturated heterocycles. The maximum Gasteiger partial charge on any atom is 0.311 e. The molecular weight excluding hydrogens is 263 g/mol. The fourth-order valence-electron chi connectivity index (χ4n) is 2.63. The summed E-state index contributed by atoms with van der Waals surface area (Å²) in [5, 5.41) is 12.3. The number of anilines is 1. The number of benzene rings is 1. The van der Waals surface area contributed by atoms with E-state index in [-0.39, 0.29) is 17.3 Å². The molecule has 5 nitrogen and oxygen atoms in total. The number of hydrogen-bond acceptors (Lipinski definition) is 3. The molecular formula is C14H17FN2O3. The lowest BCUT2D eigenvalue weighted by atomic mass is 9.85. The number of nitrogens with two attached hydrogens (primary N) is 1. The molecule has 1 aromatic carbocycles. The Morgan fingerprint density at radius 2 is 2.20 bits per heavy atom. The molecule has 2 rings (SSSR count). The number of amides is 1. The van der Waals surface area contributed by atoms with Gasteiger partial charge in [0.05, 0.1) is 11.1 Å². The summed E-state index contributed by atoms with van der Waals surface area (Å²) in [4.78, 5) is 22.3. The van der Waals surface area contributed by atoms with E-state index in [1.54, 1.807) is 6.92 Å². The van der Waals surface area contributed by atoms with Gasteiger partial charge in [-0.2, -0.15) is 0 Å². The molecule has 6 heteroatoms. The number of rotatable bonds is 4. The van der Waals surface area contributed by atoms with E-state index < -0.39 is 23.1 Å². The molecule has 0 bridgehead atoms. The average molecular weight is 280 g/mol. The summed E-state index contributed by atoms with van der Waals surface area (Å²) < 4.78 is 13.9. The molecule has 0 heterocycles.